The molecule has 75 heavy (non-hydrogen) atoms. The fraction of sp³-hybridized carbons (Fsp3) is 0.125. The number of rotatable bonds is 0. The molecule has 13 rings (SSSR count). The van der Waals surface area contributed by atoms with Crippen LogP contribution in [0.25, 0.3) is 55.0 Å². The molecule has 0 amide bonds. The van der Waals surface area contributed by atoms with Crippen LogP contribution >= 0.6 is 0 Å². The van der Waals surface area contributed by atoms with Gasteiger partial charge in [0.15, 0.2) is 70.6 Å². The smallest absolute Gasteiger partial charge is 0.348 e. The summed E-state index contributed by atoms with van der Waals surface area (Å²) in [4.78, 5) is 85.3. The Morgan fingerprint density at radius 2 is 0.933 bits per heavy atom. The number of esters is 4. The highest BCUT2D eigenvalue weighted by Gasteiger charge is 2.54. The second-order valence-corrected chi connectivity index (χ2v) is 16.9. The van der Waals surface area contributed by atoms with Gasteiger partial charge in [-0.2, -0.15) is 0 Å². The quantitative estimate of drug-likeness (QED) is 0.0341. The molecule has 27 heteroatoms. The highest BCUT2D eigenvalue weighted by atomic mass is 16.7. The van der Waals surface area contributed by atoms with Gasteiger partial charge in [0.25, 0.3) is 0 Å². The summed E-state index contributed by atoms with van der Waals surface area (Å²) in [7, 11) is 0. The van der Waals surface area contributed by atoms with E-state index in [9.17, 15) is 95.2 Å². The van der Waals surface area contributed by atoms with Crippen LogP contribution in [-0.2, 0) is 23.7 Å². The summed E-state index contributed by atoms with van der Waals surface area (Å²) in [5.41, 5.74) is -10.2. The second kappa shape index (κ2) is 16.2. The molecule has 7 heterocycles. The normalized spacial score (nSPS) is 19.6. The monoisotopic (exact) mass is 1040 g/mol. The van der Waals surface area contributed by atoms with Crippen LogP contribution in [0.1, 0.15) is 41.4 Å². The minimum absolute atomic E-state index is 0.151. The number of benzene rings is 6. The Kier molecular flexibility index (Phi) is 10.1. The van der Waals surface area contributed by atoms with Crippen molar-refractivity contribution in [1.29, 1.82) is 0 Å². The fourth-order valence-electron chi connectivity index (χ4n) is 9.19. The maximum atomic E-state index is 14.7. The zero-order valence-electron chi connectivity index (χ0n) is 36.7. The van der Waals surface area contributed by atoms with Crippen molar-refractivity contribution in [1.82, 2.24) is 0 Å². The largest absolute Gasteiger partial charge is 0.504 e. The highest BCUT2D eigenvalue weighted by Crippen LogP contribution is 2.54. The van der Waals surface area contributed by atoms with Crippen molar-refractivity contribution in [2.24, 2.45) is 0 Å². The standard InChI is InChI=1S/C48H28O27/c49-16-5-12-24(34(57)30(16)53)10-3-11-25-22(4-10)71-47(66)29-21(2-1-20(28(25)29)70-43(11)62)69-38-15(8-19(52)33(56)37(38)60)46(65)73-39-23(9-68-42(12)61)72-48(67)41-40(39)74-44(63)13-6-17(50)31(54)35(58)26(13)27-14(45(64)75-41)7-18(51)32(55)36(27)59/h1-8,23,39-41,48-60,67H,9H2. The van der Waals surface area contributed by atoms with Crippen molar-refractivity contribution >= 4 is 56.6 Å². The number of hydrogen-bond donors (Lipinski definition) is 13. The molecular formula is C48H28O27. The van der Waals surface area contributed by atoms with Crippen LogP contribution in [0.3, 0.4) is 0 Å². The molecule has 5 unspecified atom stereocenters. The van der Waals surface area contributed by atoms with Gasteiger partial charge in [-0.1, -0.05) is 0 Å². The molecule has 5 atom stereocenters. The van der Waals surface area contributed by atoms with Crippen LogP contribution in [0, 0.1) is 0 Å². The van der Waals surface area contributed by atoms with Crippen LogP contribution in [0.15, 0.2) is 67.0 Å². The lowest BCUT2D eigenvalue weighted by molar-refractivity contribution is -0.284. The van der Waals surface area contributed by atoms with Gasteiger partial charge in [-0.15, -0.1) is 0 Å². The molecule has 27 nitrogen and oxygen atoms in total. The Bertz CT molecular complexity index is 4040. The molecule has 5 aliphatic heterocycles. The second-order valence-electron chi connectivity index (χ2n) is 16.9. The molecule has 6 aromatic carbocycles. The first kappa shape index (κ1) is 46.8. The summed E-state index contributed by atoms with van der Waals surface area (Å²) >= 11 is 0. The first-order valence-corrected chi connectivity index (χ1v) is 21.3. The molecule has 0 saturated carbocycles. The number of phenolic OH excluding ortho intramolecular Hbond substituents is 12. The van der Waals surface area contributed by atoms with Gasteiger partial charge in [-0.05, 0) is 48.0 Å². The predicted molar refractivity (Wildman–Crippen MR) is 240 cm³/mol. The Hall–Kier alpha value is -10.5. The lowest BCUT2D eigenvalue weighted by Crippen LogP contribution is -2.62. The van der Waals surface area contributed by atoms with Gasteiger partial charge in [-0.3, -0.25) is 0 Å². The van der Waals surface area contributed by atoms with Crippen LogP contribution < -0.4 is 16.0 Å². The van der Waals surface area contributed by atoms with E-state index < -0.39 is 208 Å². The Labute approximate surface area is 410 Å². The molecular weight excluding hydrogens is 1010 g/mol. The zero-order chi connectivity index (χ0) is 53.5. The third-order valence-electron chi connectivity index (χ3n) is 12.6. The molecule has 7 bridgehead atoms. The van der Waals surface area contributed by atoms with Crippen LogP contribution in [-0.4, -0.2) is 128 Å². The van der Waals surface area contributed by atoms with E-state index in [-0.39, 0.29) is 21.9 Å². The SMILES string of the molecule is O=C1OC2C(COC(=O)c3cc(O)c(O)c(O)c3-c3cc4oc(=O)c5c(ccc6oc(=O)c(c3)c4c65)Oc3c1cc(O)c(O)c3O)OC(O)C1OC(=O)c3cc(O)c(O)c(O)c3-c3c(cc(O)c(O)c3O)C(=O)OC12. The van der Waals surface area contributed by atoms with Gasteiger partial charge in [0.2, 0.25) is 28.7 Å². The van der Waals surface area contributed by atoms with Crippen molar-refractivity contribution in [3.8, 4) is 103 Å². The molecule has 0 aliphatic carbocycles. The van der Waals surface area contributed by atoms with Gasteiger partial charge < -0.3 is 104 Å². The maximum Gasteiger partial charge on any atom is 0.348 e. The summed E-state index contributed by atoms with van der Waals surface area (Å²) < 4.78 is 45.2. The topological polar surface area (TPSA) is 447 Å². The number of ether oxygens (including phenoxy) is 6. The number of carbonyl (C=O) groups is 4. The van der Waals surface area contributed by atoms with E-state index in [1.807, 2.05) is 0 Å². The van der Waals surface area contributed by atoms with Gasteiger partial charge in [0, 0.05) is 33.5 Å². The van der Waals surface area contributed by atoms with Crippen molar-refractivity contribution in [3.63, 3.8) is 0 Å². The maximum absolute atomic E-state index is 14.7. The minimum Gasteiger partial charge on any atom is -0.504 e. The molecule has 1 saturated heterocycles. The zero-order valence-corrected chi connectivity index (χ0v) is 36.7. The third-order valence-corrected chi connectivity index (χ3v) is 12.6. The number of fused-ring (bicyclic) bond motifs is 5. The molecule has 5 aliphatic rings. The predicted octanol–water partition coefficient (Wildman–Crippen LogP) is 3.26. The summed E-state index contributed by atoms with van der Waals surface area (Å²) in [6.45, 7) is -1.28. The number of phenols is 12. The number of aliphatic hydroxyl groups excluding tert-OH is 1. The molecule has 2 aromatic heterocycles. The van der Waals surface area contributed by atoms with Gasteiger partial charge in [-0.25, -0.2) is 28.8 Å². The summed E-state index contributed by atoms with van der Waals surface area (Å²) in [6, 6.07) is 6.10. The average Bonchev–Trinajstić information content (AvgIpc) is 3.40. The van der Waals surface area contributed by atoms with Gasteiger partial charge >= 0.3 is 35.1 Å². The van der Waals surface area contributed by atoms with Crippen LogP contribution in [0.5, 0.6) is 80.5 Å². The van der Waals surface area contributed by atoms with Crippen LogP contribution in [0.4, 0.5) is 0 Å². The lowest BCUT2D eigenvalue weighted by atomic mass is 9.91. The number of hydrogen-bond acceptors (Lipinski definition) is 27. The van der Waals surface area contributed by atoms with E-state index in [1.54, 1.807) is 0 Å². The Morgan fingerprint density at radius 3 is 1.53 bits per heavy atom. The number of aromatic hydroxyl groups is 12. The lowest BCUT2D eigenvalue weighted by Gasteiger charge is -2.43. The highest BCUT2D eigenvalue weighted by molar-refractivity contribution is 6.21. The summed E-state index contributed by atoms with van der Waals surface area (Å²) in [5, 5.41) is 140. The Morgan fingerprint density at radius 1 is 0.440 bits per heavy atom. The van der Waals surface area contributed by atoms with E-state index in [0.29, 0.717) is 24.3 Å². The molecule has 0 radical (unpaired) electrons. The average molecular weight is 1040 g/mol. The van der Waals surface area contributed by atoms with Crippen molar-refractivity contribution < 1.29 is 123 Å². The van der Waals surface area contributed by atoms with E-state index in [4.69, 9.17) is 37.3 Å². The molecule has 0 spiro atoms. The van der Waals surface area contributed by atoms with E-state index >= 15 is 0 Å². The van der Waals surface area contributed by atoms with Crippen molar-refractivity contribution in [2.75, 3.05) is 6.61 Å². The van der Waals surface area contributed by atoms with Crippen molar-refractivity contribution in [2.45, 2.75) is 30.7 Å². The first-order valence-electron chi connectivity index (χ1n) is 21.3. The summed E-state index contributed by atoms with van der Waals surface area (Å²) in [6.07, 6.45) is -12.1. The van der Waals surface area contributed by atoms with E-state index in [2.05, 4.69) is 0 Å². The molecule has 382 valence electrons. The van der Waals surface area contributed by atoms with E-state index in [0.717, 1.165) is 24.3 Å². The van der Waals surface area contributed by atoms with Crippen molar-refractivity contribution in [3.05, 3.63) is 91.6 Å². The Balaban J connectivity index is 1.14. The van der Waals surface area contributed by atoms with Gasteiger partial charge in [0.05, 0.1) is 22.1 Å². The van der Waals surface area contributed by atoms with Gasteiger partial charge in [0.1, 0.15) is 40.6 Å². The molecule has 13 N–H and O–H groups in total. The van der Waals surface area contributed by atoms with Crippen LogP contribution in [0.2, 0.25) is 0 Å². The third kappa shape index (κ3) is 6.82. The number of aliphatic hydroxyl groups is 1. The van der Waals surface area contributed by atoms with E-state index in [1.165, 1.54) is 0 Å². The minimum atomic E-state index is -2.58. The first-order chi connectivity index (χ1) is 35.6. The molecule has 8 aromatic rings. The molecule has 1 fully saturated rings. The number of carbonyl (C=O) groups excluding carboxylic acids is 4. The fourth-order valence-corrected chi connectivity index (χ4v) is 9.19. The summed E-state index contributed by atoms with van der Waals surface area (Å²) in [5.74, 6) is -24.2.